The number of piperidine rings is 2. The van der Waals surface area contributed by atoms with Crippen molar-refractivity contribution in [1.82, 2.24) is 14.5 Å². The third-order valence-electron chi connectivity index (χ3n) is 5.37. The number of carbonyl (C=O) groups is 1. The van der Waals surface area contributed by atoms with Crippen molar-refractivity contribution in [2.75, 3.05) is 25.9 Å². The Hall–Kier alpha value is -0.660. The Kier molecular flexibility index (Phi) is 4.75. The maximum atomic E-state index is 12.6. The van der Waals surface area contributed by atoms with E-state index in [4.69, 9.17) is 0 Å². The van der Waals surface area contributed by atoms with Gasteiger partial charge in [0.25, 0.3) is 0 Å². The first-order chi connectivity index (χ1) is 10.5. The summed E-state index contributed by atoms with van der Waals surface area (Å²) in [5.74, 6) is -0.0949. The monoisotopic (exact) mass is 329 g/mol. The Labute approximate surface area is 133 Å². The second-order valence-corrected chi connectivity index (χ2v) is 8.82. The van der Waals surface area contributed by atoms with Crippen LogP contribution < -0.4 is 5.32 Å². The number of sulfonamides is 1. The first-order valence-electron chi connectivity index (χ1n) is 8.48. The highest BCUT2D eigenvalue weighted by Gasteiger charge is 2.39. The van der Waals surface area contributed by atoms with Crippen LogP contribution in [0.1, 0.15) is 44.9 Å². The maximum absolute atomic E-state index is 12.6. The predicted octanol–water partition coefficient (Wildman–Crippen LogP) is 0.544. The lowest BCUT2D eigenvalue weighted by molar-refractivity contribution is -0.126. The topological polar surface area (TPSA) is 69.7 Å². The van der Waals surface area contributed by atoms with E-state index in [1.807, 2.05) is 0 Å². The van der Waals surface area contributed by atoms with Crippen molar-refractivity contribution in [3.8, 4) is 0 Å². The minimum absolute atomic E-state index is 0.0949. The lowest BCUT2D eigenvalue weighted by Crippen LogP contribution is -2.55. The summed E-state index contributed by atoms with van der Waals surface area (Å²) < 4.78 is 25.2. The number of fused-ring (bicyclic) bond motifs is 1. The smallest absolute Gasteiger partial charge is 0.238 e. The number of amides is 1. The van der Waals surface area contributed by atoms with Crippen LogP contribution >= 0.6 is 0 Å². The molecule has 0 radical (unpaired) electrons. The van der Waals surface area contributed by atoms with Crippen LogP contribution in [0.3, 0.4) is 0 Å². The van der Waals surface area contributed by atoms with Crippen molar-refractivity contribution < 1.29 is 13.2 Å². The van der Waals surface area contributed by atoms with Gasteiger partial charge < -0.3 is 5.32 Å². The van der Waals surface area contributed by atoms with Crippen molar-refractivity contribution in [1.29, 1.82) is 0 Å². The highest BCUT2D eigenvalue weighted by molar-refractivity contribution is 7.88. The van der Waals surface area contributed by atoms with Gasteiger partial charge in [0.2, 0.25) is 15.9 Å². The van der Waals surface area contributed by atoms with Gasteiger partial charge in [-0.25, -0.2) is 8.42 Å². The molecule has 0 saturated carbocycles. The van der Waals surface area contributed by atoms with E-state index < -0.39 is 16.1 Å². The molecule has 0 bridgehead atoms. The van der Waals surface area contributed by atoms with E-state index in [2.05, 4.69) is 10.2 Å². The van der Waals surface area contributed by atoms with Gasteiger partial charge in [-0.05, 0) is 38.6 Å². The molecule has 3 saturated heterocycles. The molecule has 1 amide bonds. The lowest BCUT2D eigenvalue weighted by Gasteiger charge is -2.36. The quantitative estimate of drug-likeness (QED) is 0.821. The van der Waals surface area contributed by atoms with E-state index in [0.717, 1.165) is 38.8 Å². The zero-order chi connectivity index (χ0) is 15.7. The number of rotatable bonds is 3. The van der Waals surface area contributed by atoms with E-state index in [1.165, 1.54) is 23.4 Å². The van der Waals surface area contributed by atoms with Crippen molar-refractivity contribution in [3.05, 3.63) is 0 Å². The Balaban J connectivity index is 1.65. The van der Waals surface area contributed by atoms with E-state index >= 15 is 0 Å². The summed E-state index contributed by atoms with van der Waals surface area (Å²) in [6.07, 6.45) is 8.22. The number of nitrogens with one attached hydrogen (secondary N) is 1. The molecule has 3 aliphatic rings. The number of nitrogens with zero attached hydrogens (tertiary/aromatic N) is 2. The summed E-state index contributed by atoms with van der Waals surface area (Å²) in [4.78, 5) is 15.1. The minimum Gasteiger partial charge on any atom is -0.350 e. The molecule has 3 fully saturated rings. The van der Waals surface area contributed by atoms with Gasteiger partial charge in [0.05, 0.1) is 6.26 Å². The Morgan fingerprint density at radius 1 is 1.00 bits per heavy atom. The number of hydrogen-bond donors (Lipinski definition) is 1. The van der Waals surface area contributed by atoms with Gasteiger partial charge in [0.15, 0.2) is 0 Å². The molecule has 3 heterocycles. The fourth-order valence-electron chi connectivity index (χ4n) is 4.26. The van der Waals surface area contributed by atoms with E-state index in [-0.39, 0.29) is 11.9 Å². The van der Waals surface area contributed by atoms with Crippen LogP contribution in [0.4, 0.5) is 0 Å². The Bertz CT molecular complexity index is 522. The summed E-state index contributed by atoms with van der Waals surface area (Å²) >= 11 is 0. The summed E-state index contributed by atoms with van der Waals surface area (Å²) in [5.41, 5.74) is 0. The zero-order valence-electron chi connectivity index (χ0n) is 13.3. The van der Waals surface area contributed by atoms with Gasteiger partial charge in [0, 0.05) is 25.2 Å². The standard InChI is InChI=1S/C15H27N3O3S/c1-22(20,21)18-10-5-3-7-14(18)15(19)16-12-8-11-17-9-4-2-6-13(12)17/h12-14H,2-11H2,1H3,(H,16,19)/t12-,13-,14+/m0/s1. The normalized spacial score (nSPS) is 34.3. The highest BCUT2D eigenvalue weighted by Crippen LogP contribution is 2.28. The van der Waals surface area contributed by atoms with Crippen LogP contribution in [-0.4, -0.2) is 67.5 Å². The molecule has 0 aromatic carbocycles. The second-order valence-electron chi connectivity index (χ2n) is 6.89. The van der Waals surface area contributed by atoms with E-state index in [1.54, 1.807) is 0 Å². The van der Waals surface area contributed by atoms with Crippen molar-refractivity contribution in [2.45, 2.75) is 63.1 Å². The highest BCUT2D eigenvalue weighted by atomic mass is 32.2. The average Bonchev–Trinajstić information content (AvgIpc) is 2.90. The maximum Gasteiger partial charge on any atom is 0.238 e. The first kappa shape index (κ1) is 16.2. The van der Waals surface area contributed by atoms with Gasteiger partial charge in [-0.15, -0.1) is 0 Å². The molecule has 1 N–H and O–H groups in total. The summed E-state index contributed by atoms with van der Waals surface area (Å²) in [5, 5.41) is 3.16. The predicted molar refractivity (Wildman–Crippen MR) is 84.9 cm³/mol. The fourth-order valence-corrected chi connectivity index (χ4v) is 5.38. The third kappa shape index (κ3) is 3.31. The van der Waals surface area contributed by atoms with Gasteiger partial charge >= 0.3 is 0 Å². The van der Waals surface area contributed by atoms with Crippen molar-refractivity contribution in [3.63, 3.8) is 0 Å². The number of carbonyl (C=O) groups excluding carboxylic acids is 1. The first-order valence-corrected chi connectivity index (χ1v) is 10.3. The van der Waals surface area contributed by atoms with Crippen LogP contribution in [0.25, 0.3) is 0 Å². The van der Waals surface area contributed by atoms with Gasteiger partial charge in [-0.1, -0.05) is 12.8 Å². The van der Waals surface area contributed by atoms with Gasteiger partial charge in [-0.3, -0.25) is 9.69 Å². The lowest BCUT2D eigenvalue weighted by atomic mass is 9.98. The van der Waals surface area contributed by atoms with E-state index in [9.17, 15) is 13.2 Å². The molecule has 0 aromatic heterocycles. The zero-order valence-corrected chi connectivity index (χ0v) is 14.1. The van der Waals surface area contributed by atoms with Crippen LogP contribution in [0.5, 0.6) is 0 Å². The van der Waals surface area contributed by atoms with Crippen molar-refractivity contribution in [2.24, 2.45) is 0 Å². The molecular formula is C15H27N3O3S. The molecule has 3 atom stereocenters. The van der Waals surface area contributed by atoms with Crippen molar-refractivity contribution >= 4 is 15.9 Å². The molecule has 0 aliphatic carbocycles. The third-order valence-corrected chi connectivity index (χ3v) is 6.66. The van der Waals surface area contributed by atoms with Gasteiger partial charge in [0.1, 0.15) is 6.04 Å². The second kappa shape index (κ2) is 6.45. The Morgan fingerprint density at radius 2 is 1.73 bits per heavy atom. The average molecular weight is 329 g/mol. The largest absolute Gasteiger partial charge is 0.350 e. The molecule has 0 aromatic rings. The molecule has 22 heavy (non-hydrogen) atoms. The number of hydrogen-bond acceptors (Lipinski definition) is 4. The van der Waals surface area contributed by atoms with Crippen LogP contribution in [0.15, 0.2) is 0 Å². The van der Waals surface area contributed by atoms with Crippen LogP contribution in [-0.2, 0) is 14.8 Å². The molecule has 3 aliphatic heterocycles. The summed E-state index contributed by atoms with van der Waals surface area (Å²) in [6.45, 7) is 2.66. The Morgan fingerprint density at radius 3 is 2.50 bits per heavy atom. The van der Waals surface area contributed by atoms with Crippen LogP contribution in [0, 0.1) is 0 Å². The van der Waals surface area contributed by atoms with Crippen LogP contribution in [0.2, 0.25) is 0 Å². The molecule has 0 unspecified atom stereocenters. The van der Waals surface area contributed by atoms with Gasteiger partial charge in [-0.2, -0.15) is 4.31 Å². The summed E-state index contributed by atoms with van der Waals surface area (Å²) in [7, 11) is -3.31. The molecule has 126 valence electrons. The SMILES string of the molecule is CS(=O)(=O)N1CCCC[C@@H]1C(=O)N[C@H]1CCN2CCCC[C@@H]12. The molecule has 3 rings (SSSR count). The summed E-state index contributed by atoms with van der Waals surface area (Å²) in [6, 6.07) is 0.130. The molecule has 0 spiro atoms. The minimum atomic E-state index is -3.31. The van der Waals surface area contributed by atoms with E-state index in [0.29, 0.717) is 19.0 Å². The fraction of sp³-hybridized carbons (Fsp3) is 0.933. The molecular weight excluding hydrogens is 302 g/mol. The molecule has 6 nitrogen and oxygen atoms in total. The molecule has 7 heteroatoms.